The maximum absolute atomic E-state index is 9.92. The SMILES string of the molecule is Oc1ccc2cc(-c3ccc4c(c3-c3ccc5cc(O)ccc5c3)Cc3ccccc3-4)ccc2c1. The fourth-order valence-corrected chi connectivity index (χ4v) is 5.57. The van der Waals surface area contributed by atoms with Crippen molar-refractivity contribution in [3.63, 3.8) is 0 Å². The van der Waals surface area contributed by atoms with Crippen molar-refractivity contribution in [2.75, 3.05) is 0 Å². The van der Waals surface area contributed by atoms with Crippen molar-refractivity contribution >= 4 is 21.5 Å². The topological polar surface area (TPSA) is 40.5 Å². The summed E-state index contributed by atoms with van der Waals surface area (Å²) in [6, 6.07) is 37.2. The summed E-state index contributed by atoms with van der Waals surface area (Å²) in [6.45, 7) is 0. The highest BCUT2D eigenvalue weighted by Crippen LogP contribution is 2.46. The maximum atomic E-state index is 9.92. The largest absolute Gasteiger partial charge is 0.508 e. The van der Waals surface area contributed by atoms with Crippen LogP contribution in [0.2, 0.25) is 0 Å². The van der Waals surface area contributed by atoms with E-state index in [4.69, 9.17) is 0 Å². The van der Waals surface area contributed by atoms with Crippen molar-refractivity contribution in [1.82, 2.24) is 0 Å². The quantitative estimate of drug-likeness (QED) is 0.278. The summed E-state index contributed by atoms with van der Waals surface area (Å²) >= 11 is 0. The van der Waals surface area contributed by atoms with Gasteiger partial charge in [0.05, 0.1) is 0 Å². The molecule has 0 aromatic heterocycles. The molecule has 0 bridgehead atoms. The zero-order chi connectivity index (χ0) is 23.5. The number of rotatable bonds is 2. The van der Waals surface area contributed by atoms with E-state index in [0.717, 1.165) is 33.5 Å². The smallest absolute Gasteiger partial charge is 0.116 e. The lowest BCUT2D eigenvalue weighted by atomic mass is 9.86. The fraction of sp³-hybridized carbons (Fsp3) is 0.0303. The first-order chi connectivity index (χ1) is 17.1. The third kappa shape index (κ3) is 3.18. The Morgan fingerprint density at radius 3 is 1.77 bits per heavy atom. The van der Waals surface area contributed by atoms with Gasteiger partial charge in [-0.3, -0.25) is 0 Å². The molecule has 6 aromatic carbocycles. The van der Waals surface area contributed by atoms with Crippen LogP contribution in [0, 0.1) is 0 Å². The molecule has 0 aliphatic heterocycles. The van der Waals surface area contributed by atoms with Gasteiger partial charge in [-0.15, -0.1) is 0 Å². The van der Waals surface area contributed by atoms with Gasteiger partial charge in [-0.1, -0.05) is 72.8 Å². The summed E-state index contributed by atoms with van der Waals surface area (Å²) < 4.78 is 0. The molecule has 0 atom stereocenters. The van der Waals surface area contributed by atoms with Crippen molar-refractivity contribution in [1.29, 1.82) is 0 Å². The highest BCUT2D eigenvalue weighted by molar-refractivity contribution is 5.99. The van der Waals surface area contributed by atoms with E-state index in [1.54, 1.807) is 18.2 Å². The Morgan fingerprint density at radius 2 is 1.03 bits per heavy atom. The highest BCUT2D eigenvalue weighted by Gasteiger charge is 2.24. The molecule has 2 heteroatoms. The zero-order valence-electron chi connectivity index (χ0n) is 19.0. The Hall–Kier alpha value is -4.56. The summed E-state index contributed by atoms with van der Waals surface area (Å²) in [5, 5.41) is 24.1. The number of hydrogen-bond donors (Lipinski definition) is 2. The van der Waals surface area contributed by atoms with Crippen molar-refractivity contribution < 1.29 is 10.2 Å². The third-order valence-corrected chi connectivity index (χ3v) is 7.23. The van der Waals surface area contributed by atoms with Gasteiger partial charge in [-0.05, 0) is 109 Å². The molecule has 2 nitrogen and oxygen atoms in total. The maximum Gasteiger partial charge on any atom is 0.116 e. The van der Waals surface area contributed by atoms with Crippen molar-refractivity contribution in [2.24, 2.45) is 0 Å². The lowest BCUT2D eigenvalue weighted by molar-refractivity contribution is 0.475. The average molecular weight is 451 g/mol. The summed E-state index contributed by atoms with van der Waals surface area (Å²) in [5.74, 6) is 0.563. The first kappa shape index (κ1) is 19.9. The molecule has 7 rings (SSSR count). The van der Waals surface area contributed by atoms with Gasteiger partial charge in [0.2, 0.25) is 0 Å². The molecule has 2 N–H and O–H groups in total. The van der Waals surface area contributed by atoms with Crippen LogP contribution in [0.5, 0.6) is 11.5 Å². The van der Waals surface area contributed by atoms with Crippen LogP contribution in [0.25, 0.3) is 54.9 Å². The zero-order valence-corrected chi connectivity index (χ0v) is 19.0. The van der Waals surface area contributed by atoms with Crippen LogP contribution in [0.3, 0.4) is 0 Å². The van der Waals surface area contributed by atoms with Crippen LogP contribution < -0.4 is 0 Å². The van der Waals surface area contributed by atoms with E-state index < -0.39 is 0 Å². The van der Waals surface area contributed by atoms with E-state index in [-0.39, 0.29) is 11.5 Å². The molecule has 0 saturated heterocycles. The van der Waals surface area contributed by atoms with E-state index in [2.05, 4.69) is 72.8 Å². The standard InChI is InChI=1S/C33H22O2/c34-27-11-9-20-15-25(7-5-22(20)17-27)30-13-14-31-29-4-2-1-3-24(29)19-32(31)33(30)26-8-6-23-18-28(35)12-10-21(23)16-26/h1-18,34-35H,19H2. The molecule has 0 unspecified atom stereocenters. The van der Waals surface area contributed by atoms with Crippen molar-refractivity contribution in [2.45, 2.75) is 6.42 Å². The van der Waals surface area contributed by atoms with E-state index >= 15 is 0 Å². The van der Waals surface area contributed by atoms with Gasteiger partial charge in [-0.25, -0.2) is 0 Å². The second-order valence-electron chi connectivity index (χ2n) is 9.34. The fourth-order valence-electron chi connectivity index (χ4n) is 5.57. The molecule has 0 heterocycles. The molecule has 0 saturated carbocycles. The van der Waals surface area contributed by atoms with Crippen LogP contribution in [0.4, 0.5) is 0 Å². The van der Waals surface area contributed by atoms with Crippen LogP contribution in [-0.4, -0.2) is 10.2 Å². The van der Waals surface area contributed by atoms with Gasteiger partial charge in [0.15, 0.2) is 0 Å². The van der Waals surface area contributed by atoms with Crippen molar-refractivity contribution in [3.8, 4) is 44.9 Å². The van der Waals surface area contributed by atoms with Gasteiger partial charge in [-0.2, -0.15) is 0 Å². The minimum atomic E-state index is 0.281. The molecule has 0 amide bonds. The molecule has 1 aliphatic rings. The van der Waals surface area contributed by atoms with Gasteiger partial charge >= 0.3 is 0 Å². The van der Waals surface area contributed by atoms with Gasteiger partial charge in [0.25, 0.3) is 0 Å². The van der Waals surface area contributed by atoms with Gasteiger partial charge < -0.3 is 10.2 Å². The molecular weight excluding hydrogens is 428 g/mol. The molecule has 0 fully saturated rings. The number of benzene rings is 6. The van der Waals surface area contributed by atoms with Crippen LogP contribution in [0.15, 0.2) is 109 Å². The predicted octanol–water partition coefficient (Wildman–Crippen LogP) is 8.31. The van der Waals surface area contributed by atoms with Crippen molar-refractivity contribution in [3.05, 3.63) is 120 Å². The Morgan fingerprint density at radius 1 is 0.457 bits per heavy atom. The highest BCUT2D eigenvalue weighted by atomic mass is 16.3. The molecule has 6 aromatic rings. The van der Waals surface area contributed by atoms with Gasteiger partial charge in [0.1, 0.15) is 11.5 Å². The normalized spacial score (nSPS) is 12.1. The molecule has 166 valence electrons. The number of phenolic OH excluding ortho intramolecular Hbond substituents is 2. The minimum absolute atomic E-state index is 0.281. The summed E-state index contributed by atoms with van der Waals surface area (Å²) in [5.41, 5.74) is 10.1. The summed E-state index contributed by atoms with van der Waals surface area (Å²) in [6.07, 6.45) is 0.906. The second kappa shape index (κ2) is 7.48. The van der Waals surface area contributed by atoms with Gasteiger partial charge in [0, 0.05) is 0 Å². The number of phenols is 2. The van der Waals surface area contributed by atoms with E-state index in [1.807, 2.05) is 18.2 Å². The Bertz CT molecular complexity index is 1800. The lowest BCUT2D eigenvalue weighted by Crippen LogP contribution is -1.93. The second-order valence-corrected chi connectivity index (χ2v) is 9.34. The lowest BCUT2D eigenvalue weighted by Gasteiger charge is -2.17. The first-order valence-corrected chi connectivity index (χ1v) is 11.8. The predicted molar refractivity (Wildman–Crippen MR) is 144 cm³/mol. The molecule has 0 radical (unpaired) electrons. The van der Waals surface area contributed by atoms with E-state index in [0.29, 0.717) is 0 Å². The number of hydrogen-bond acceptors (Lipinski definition) is 2. The van der Waals surface area contributed by atoms with E-state index in [1.165, 1.54) is 38.9 Å². The Kier molecular flexibility index (Phi) is 4.24. The first-order valence-electron chi connectivity index (χ1n) is 11.8. The minimum Gasteiger partial charge on any atom is -0.508 e. The third-order valence-electron chi connectivity index (χ3n) is 7.23. The molecule has 0 spiro atoms. The van der Waals surface area contributed by atoms with Crippen LogP contribution in [0.1, 0.15) is 11.1 Å². The monoisotopic (exact) mass is 450 g/mol. The molecule has 1 aliphatic carbocycles. The van der Waals surface area contributed by atoms with E-state index in [9.17, 15) is 10.2 Å². The number of aromatic hydroxyl groups is 2. The van der Waals surface area contributed by atoms with Crippen LogP contribution >= 0.6 is 0 Å². The average Bonchev–Trinajstić information content (AvgIpc) is 3.26. The Balaban J connectivity index is 1.50. The Labute approximate surface area is 203 Å². The molecular formula is C33H22O2. The number of fused-ring (bicyclic) bond motifs is 5. The summed E-state index contributed by atoms with van der Waals surface area (Å²) in [7, 11) is 0. The summed E-state index contributed by atoms with van der Waals surface area (Å²) in [4.78, 5) is 0. The van der Waals surface area contributed by atoms with Crippen LogP contribution in [-0.2, 0) is 6.42 Å². The molecule has 35 heavy (non-hydrogen) atoms.